The lowest BCUT2D eigenvalue weighted by Gasteiger charge is -2.26. The molecule has 0 saturated carbocycles. The van der Waals surface area contributed by atoms with Crippen LogP contribution in [0.2, 0.25) is 0 Å². The van der Waals surface area contributed by atoms with Gasteiger partial charge in [0.15, 0.2) is 11.4 Å². The minimum Gasteiger partial charge on any atom is -0.479 e. The number of hydrogen-bond donors (Lipinski definition) is 3. The van der Waals surface area contributed by atoms with Gasteiger partial charge in [-0.05, 0) is 0 Å². The number of ketones is 1. The Morgan fingerprint density at radius 2 is 1.82 bits per heavy atom. The van der Waals surface area contributed by atoms with Gasteiger partial charge in [-0.1, -0.05) is 37.3 Å². The maximum absolute atomic E-state index is 11.8. The largest absolute Gasteiger partial charge is 0.479 e. The molecule has 1 rings (SSSR count). The van der Waals surface area contributed by atoms with Gasteiger partial charge >= 0.3 is 5.97 Å². The molecule has 0 aromatic heterocycles. The SMILES string of the molecule is CC(CC(=O)c1ccccc1)C(N)(N)C(=O)O. The zero-order valence-electron chi connectivity index (χ0n) is 9.59. The second-order valence-corrected chi connectivity index (χ2v) is 4.13. The van der Waals surface area contributed by atoms with Crippen LogP contribution in [0.5, 0.6) is 0 Å². The first-order valence-electron chi connectivity index (χ1n) is 5.25. The van der Waals surface area contributed by atoms with Gasteiger partial charge in [-0.15, -0.1) is 0 Å². The first-order chi connectivity index (χ1) is 7.85. The number of aliphatic carboxylic acids is 1. The Kier molecular flexibility index (Phi) is 3.98. The molecule has 0 aliphatic rings. The van der Waals surface area contributed by atoms with E-state index in [-0.39, 0.29) is 12.2 Å². The fraction of sp³-hybridized carbons (Fsp3) is 0.333. The molecule has 0 fully saturated rings. The third-order valence-electron chi connectivity index (χ3n) is 2.77. The molecule has 0 amide bonds. The van der Waals surface area contributed by atoms with E-state index in [2.05, 4.69) is 0 Å². The number of nitrogens with two attached hydrogens (primary N) is 2. The highest BCUT2D eigenvalue weighted by Gasteiger charge is 2.36. The summed E-state index contributed by atoms with van der Waals surface area (Å²) in [5.74, 6) is -2.13. The minimum absolute atomic E-state index is 0.00329. The molecule has 92 valence electrons. The van der Waals surface area contributed by atoms with E-state index >= 15 is 0 Å². The van der Waals surface area contributed by atoms with Crippen molar-refractivity contribution in [1.82, 2.24) is 0 Å². The van der Waals surface area contributed by atoms with Gasteiger partial charge in [0.2, 0.25) is 0 Å². The Morgan fingerprint density at radius 3 is 2.29 bits per heavy atom. The second-order valence-electron chi connectivity index (χ2n) is 4.13. The summed E-state index contributed by atoms with van der Waals surface area (Å²) in [6.07, 6.45) is 0.00329. The summed E-state index contributed by atoms with van der Waals surface area (Å²) < 4.78 is 0. The highest BCUT2D eigenvalue weighted by atomic mass is 16.4. The number of carbonyl (C=O) groups is 2. The van der Waals surface area contributed by atoms with Crippen LogP contribution in [0.25, 0.3) is 0 Å². The molecule has 5 N–H and O–H groups in total. The fourth-order valence-corrected chi connectivity index (χ4v) is 1.40. The van der Waals surface area contributed by atoms with Gasteiger partial charge in [-0.25, -0.2) is 4.79 Å². The molecular formula is C12H16N2O3. The summed E-state index contributed by atoms with van der Waals surface area (Å²) in [6.45, 7) is 1.55. The third-order valence-corrected chi connectivity index (χ3v) is 2.77. The molecule has 0 radical (unpaired) electrons. The average Bonchev–Trinajstić information content (AvgIpc) is 2.29. The number of Topliss-reactive ketones (excluding diaryl/α,β-unsaturated/α-hetero) is 1. The monoisotopic (exact) mass is 236 g/mol. The molecule has 1 aromatic carbocycles. The molecule has 0 aliphatic carbocycles. The van der Waals surface area contributed by atoms with E-state index in [1.54, 1.807) is 37.3 Å². The van der Waals surface area contributed by atoms with Crippen LogP contribution in [-0.4, -0.2) is 22.5 Å². The molecule has 0 bridgehead atoms. The van der Waals surface area contributed by atoms with Crippen molar-refractivity contribution < 1.29 is 14.7 Å². The zero-order valence-corrected chi connectivity index (χ0v) is 9.59. The van der Waals surface area contributed by atoms with Crippen molar-refractivity contribution in [2.75, 3.05) is 0 Å². The summed E-state index contributed by atoms with van der Waals surface area (Å²) in [5.41, 5.74) is 9.55. The van der Waals surface area contributed by atoms with Crippen LogP contribution < -0.4 is 11.5 Å². The predicted octanol–water partition coefficient (Wildman–Crippen LogP) is 0.594. The molecule has 1 aromatic rings. The maximum Gasteiger partial charge on any atom is 0.338 e. The third kappa shape index (κ3) is 3.12. The van der Waals surface area contributed by atoms with Crippen LogP contribution in [0, 0.1) is 5.92 Å². The summed E-state index contributed by atoms with van der Waals surface area (Å²) in [7, 11) is 0. The van der Waals surface area contributed by atoms with Crippen molar-refractivity contribution in [3.63, 3.8) is 0 Å². The van der Waals surface area contributed by atoms with Crippen molar-refractivity contribution >= 4 is 11.8 Å². The lowest BCUT2D eigenvalue weighted by molar-refractivity contribution is -0.145. The number of hydrogen-bond acceptors (Lipinski definition) is 4. The summed E-state index contributed by atoms with van der Waals surface area (Å²) in [4.78, 5) is 22.6. The number of benzene rings is 1. The quantitative estimate of drug-likeness (QED) is 0.512. The molecule has 5 nitrogen and oxygen atoms in total. The number of rotatable bonds is 5. The molecule has 5 heteroatoms. The highest BCUT2D eigenvalue weighted by Crippen LogP contribution is 2.16. The van der Waals surface area contributed by atoms with E-state index in [1.807, 2.05) is 0 Å². The smallest absolute Gasteiger partial charge is 0.338 e. The minimum atomic E-state index is -1.88. The average molecular weight is 236 g/mol. The Morgan fingerprint density at radius 1 is 1.29 bits per heavy atom. The van der Waals surface area contributed by atoms with Crippen molar-refractivity contribution in [2.24, 2.45) is 17.4 Å². The van der Waals surface area contributed by atoms with Crippen molar-refractivity contribution in [3.8, 4) is 0 Å². The van der Waals surface area contributed by atoms with Crippen LogP contribution in [-0.2, 0) is 4.79 Å². The summed E-state index contributed by atoms with van der Waals surface area (Å²) in [5, 5.41) is 8.83. The molecule has 0 spiro atoms. The molecule has 17 heavy (non-hydrogen) atoms. The van der Waals surface area contributed by atoms with Gasteiger partial charge in [-0.2, -0.15) is 0 Å². The van der Waals surface area contributed by atoms with Crippen molar-refractivity contribution in [2.45, 2.75) is 19.0 Å². The van der Waals surface area contributed by atoms with Gasteiger partial charge in [0.25, 0.3) is 0 Å². The molecule has 0 saturated heterocycles. The van der Waals surface area contributed by atoms with Gasteiger partial charge in [0.1, 0.15) is 0 Å². The lowest BCUT2D eigenvalue weighted by Crippen LogP contribution is -2.61. The Hall–Kier alpha value is -1.72. The number of carbonyl (C=O) groups excluding carboxylic acids is 1. The Bertz CT molecular complexity index is 415. The van der Waals surface area contributed by atoms with Crippen LogP contribution in [0.15, 0.2) is 30.3 Å². The summed E-state index contributed by atoms with van der Waals surface area (Å²) in [6, 6.07) is 8.63. The van der Waals surface area contributed by atoms with E-state index in [9.17, 15) is 9.59 Å². The summed E-state index contributed by atoms with van der Waals surface area (Å²) >= 11 is 0. The van der Waals surface area contributed by atoms with Gasteiger partial charge in [0, 0.05) is 17.9 Å². The van der Waals surface area contributed by atoms with E-state index in [0.717, 1.165) is 0 Å². The standard InChI is InChI=1S/C12H16N2O3/c1-8(12(13,14)11(16)17)7-10(15)9-5-3-2-4-6-9/h2-6,8H,7,13-14H2,1H3,(H,16,17). The van der Waals surface area contributed by atoms with Crippen LogP contribution >= 0.6 is 0 Å². The van der Waals surface area contributed by atoms with Crippen LogP contribution in [0.3, 0.4) is 0 Å². The van der Waals surface area contributed by atoms with E-state index < -0.39 is 17.6 Å². The number of carboxylic acids is 1. The highest BCUT2D eigenvalue weighted by molar-refractivity contribution is 5.96. The lowest BCUT2D eigenvalue weighted by atomic mass is 9.89. The van der Waals surface area contributed by atoms with Gasteiger partial charge in [0.05, 0.1) is 0 Å². The zero-order chi connectivity index (χ0) is 13.1. The molecule has 1 unspecified atom stereocenters. The molecule has 0 heterocycles. The predicted molar refractivity (Wildman–Crippen MR) is 63.3 cm³/mol. The van der Waals surface area contributed by atoms with Gasteiger partial charge < -0.3 is 16.6 Å². The first-order valence-corrected chi connectivity index (χ1v) is 5.25. The van der Waals surface area contributed by atoms with E-state index in [1.165, 1.54) is 0 Å². The van der Waals surface area contributed by atoms with Crippen molar-refractivity contribution in [3.05, 3.63) is 35.9 Å². The number of carboxylic acid groups (broad SMARTS) is 1. The molecule has 0 aliphatic heterocycles. The van der Waals surface area contributed by atoms with E-state index in [0.29, 0.717) is 5.56 Å². The van der Waals surface area contributed by atoms with Crippen LogP contribution in [0.1, 0.15) is 23.7 Å². The normalized spacial score (nSPS) is 13.1. The molecule has 1 atom stereocenters. The van der Waals surface area contributed by atoms with Gasteiger partial charge in [-0.3, -0.25) is 4.79 Å². The maximum atomic E-state index is 11.8. The van der Waals surface area contributed by atoms with E-state index in [4.69, 9.17) is 16.6 Å². The fourth-order valence-electron chi connectivity index (χ4n) is 1.40. The van der Waals surface area contributed by atoms with Crippen molar-refractivity contribution in [1.29, 1.82) is 0 Å². The van der Waals surface area contributed by atoms with Crippen LogP contribution in [0.4, 0.5) is 0 Å². The Labute approximate surface area is 99.4 Å². The Balaban J connectivity index is 2.74. The topological polar surface area (TPSA) is 106 Å². The first kappa shape index (κ1) is 13.3. The molecular weight excluding hydrogens is 220 g/mol. The second kappa shape index (κ2) is 5.07.